The summed E-state index contributed by atoms with van der Waals surface area (Å²) < 4.78 is 0. The Balaban J connectivity index is 1.51. The maximum Gasteiger partial charge on any atom is 0.0260 e. The Kier molecular flexibility index (Phi) is 3.90. The van der Waals surface area contributed by atoms with E-state index < -0.39 is 0 Å². The highest BCUT2D eigenvalue weighted by molar-refractivity contribution is 8.00. The van der Waals surface area contributed by atoms with Gasteiger partial charge in [-0.3, -0.25) is 0 Å². The molecular formula is C17H19NS. The van der Waals surface area contributed by atoms with Gasteiger partial charge in [0, 0.05) is 23.2 Å². The molecule has 0 spiro atoms. The first-order valence-corrected chi connectivity index (χ1v) is 7.70. The van der Waals surface area contributed by atoms with Crippen molar-refractivity contribution in [1.82, 2.24) is 5.32 Å². The standard InChI is InChI=1S/C17H19NS/c1-13-6-2-3-8-15(13)11-18-12-16-10-14-7-4-5-9-17(14)19-16/h2-9,16,18H,10-12H2,1H3. The zero-order chi connectivity index (χ0) is 13.1. The third kappa shape index (κ3) is 3.02. The minimum absolute atomic E-state index is 0.682. The van der Waals surface area contributed by atoms with Gasteiger partial charge in [-0.1, -0.05) is 42.5 Å². The van der Waals surface area contributed by atoms with Gasteiger partial charge in [0.25, 0.3) is 0 Å². The van der Waals surface area contributed by atoms with Gasteiger partial charge in [0.15, 0.2) is 0 Å². The monoisotopic (exact) mass is 269 g/mol. The van der Waals surface area contributed by atoms with Crippen LogP contribution in [0.3, 0.4) is 0 Å². The number of rotatable bonds is 4. The molecule has 98 valence electrons. The van der Waals surface area contributed by atoms with Crippen LogP contribution in [0.25, 0.3) is 0 Å². The molecule has 0 aromatic heterocycles. The van der Waals surface area contributed by atoms with Crippen LogP contribution < -0.4 is 5.32 Å². The molecule has 1 unspecified atom stereocenters. The highest BCUT2D eigenvalue weighted by Gasteiger charge is 2.20. The summed E-state index contributed by atoms with van der Waals surface area (Å²) in [6.45, 7) is 4.23. The average Bonchev–Trinajstić information content (AvgIpc) is 2.83. The van der Waals surface area contributed by atoms with Gasteiger partial charge in [0.1, 0.15) is 0 Å². The zero-order valence-electron chi connectivity index (χ0n) is 11.2. The lowest BCUT2D eigenvalue weighted by molar-refractivity contribution is 0.663. The first-order chi connectivity index (χ1) is 9.33. The largest absolute Gasteiger partial charge is 0.312 e. The molecule has 0 amide bonds. The number of aryl methyl sites for hydroxylation is 1. The zero-order valence-corrected chi connectivity index (χ0v) is 12.0. The van der Waals surface area contributed by atoms with E-state index in [0.29, 0.717) is 5.25 Å². The highest BCUT2D eigenvalue weighted by atomic mass is 32.2. The van der Waals surface area contributed by atoms with Gasteiger partial charge in [-0.25, -0.2) is 0 Å². The number of nitrogens with one attached hydrogen (secondary N) is 1. The van der Waals surface area contributed by atoms with Crippen LogP contribution in [-0.2, 0) is 13.0 Å². The van der Waals surface area contributed by atoms with Gasteiger partial charge >= 0.3 is 0 Å². The van der Waals surface area contributed by atoms with E-state index in [2.05, 4.69) is 60.8 Å². The summed E-state index contributed by atoms with van der Waals surface area (Å²) in [5.74, 6) is 0. The first kappa shape index (κ1) is 12.8. The Hall–Kier alpha value is -1.25. The second kappa shape index (κ2) is 5.81. The lowest BCUT2D eigenvalue weighted by Gasteiger charge is -2.11. The fraction of sp³-hybridized carbons (Fsp3) is 0.294. The molecule has 2 aromatic rings. The summed E-state index contributed by atoms with van der Waals surface area (Å²) in [5.41, 5.74) is 4.29. The van der Waals surface area contributed by atoms with Crippen molar-refractivity contribution in [2.45, 2.75) is 30.0 Å². The van der Waals surface area contributed by atoms with E-state index in [1.165, 1.54) is 28.0 Å². The van der Waals surface area contributed by atoms with E-state index in [9.17, 15) is 0 Å². The van der Waals surface area contributed by atoms with Crippen LogP contribution in [0.2, 0.25) is 0 Å². The maximum absolute atomic E-state index is 3.60. The van der Waals surface area contributed by atoms with Crippen molar-refractivity contribution in [2.75, 3.05) is 6.54 Å². The van der Waals surface area contributed by atoms with E-state index in [1.54, 1.807) is 0 Å². The number of hydrogen-bond acceptors (Lipinski definition) is 2. The predicted octanol–water partition coefficient (Wildman–Crippen LogP) is 3.80. The molecule has 1 nitrogen and oxygen atoms in total. The quantitative estimate of drug-likeness (QED) is 0.906. The van der Waals surface area contributed by atoms with Crippen LogP contribution in [0.15, 0.2) is 53.4 Å². The molecule has 0 radical (unpaired) electrons. The maximum atomic E-state index is 3.60. The van der Waals surface area contributed by atoms with Gasteiger partial charge in [-0.15, -0.1) is 11.8 Å². The summed E-state index contributed by atoms with van der Waals surface area (Å²) in [4.78, 5) is 1.46. The van der Waals surface area contributed by atoms with E-state index in [0.717, 1.165) is 13.1 Å². The Morgan fingerprint density at radius 3 is 2.74 bits per heavy atom. The van der Waals surface area contributed by atoms with Crippen molar-refractivity contribution < 1.29 is 0 Å². The molecule has 0 bridgehead atoms. The SMILES string of the molecule is Cc1ccccc1CNCC1Cc2ccccc2S1. The van der Waals surface area contributed by atoms with E-state index in [4.69, 9.17) is 0 Å². The van der Waals surface area contributed by atoms with E-state index in [-0.39, 0.29) is 0 Å². The van der Waals surface area contributed by atoms with Crippen molar-refractivity contribution in [2.24, 2.45) is 0 Å². The van der Waals surface area contributed by atoms with Crippen LogP contribution in [0, 0.1) is 6.92 Å². The smallest absolute Gasteiger partial charge is 0.0260 e. The van der Waals surface area contributed by atoms with Crippen LogP contribution in [-0.4, -0.2) is 11.8 Å². The van der Waals surface area contributed by atoms with Crippen molar-refractivity contribution in [3.8, 4) is 0 Å². The van der Waals surface area contributed by atoms with Crippen LogP contribution in [0.1, 0.15) is 16.7 Å². The van der Waals surface area contributed by atoms with Crippen molar-refractivity contribution in [3.63, 3.8) is 0 Å². The molecule has 1 aliphatic heterocycles. The fourth-order valence-electron chi connectivity index (χ4n) is 2.54. The topological polar surface area (TPSA) is 12.0 Å². The van der Waals surface area contributed by atoms with Gasteiger partial charge in [0.05, 0.1) is 0 Å². The molecule has 1 heterocycles. The third-order valence-electron chi connectivity index (χ3n) is 3.66. The third-order valence-corrected chi connectivity index (χ3v) is 4.98. The first-order valence-electron chi connectivity index (χ1n) is 6.83. The number of fused-ring (bicyclic) bond motifs is 1. The molecule has 2 aromatic carbocycles. The Morgan fingerprint density at radius 2 is 1.89 bits per heavy atom. The lowest BCUT2D eigenvalue weighted by Crippen LogP contribution is -2.24. The summed E-state index contributed by atoms with van der Waals surface area (Å²) in [6, 6.07) is 17.4. The van der Waals surface area contributed by atoms with Crippen molar-refractivity contribution in [3.05, 3.63) is 65.2 Å². The number of benzene rings is 2. The Labute approximate surface area is 119 Å². The van der Waals surface area contributed by atoms with Crippen LogP contribution >= 0.6 is 11.8 Å². The summed E-state index contributed by atoms with van der Waals surface area (Å²) in [7, 11) is 0. The number of thioether (sulfide) groups is 1. The van der Waals surface area contributed by atoms with Crippen LogP contribution in [0.4, 0.5) is 0 Å². The molecule has 2 heteroatoms. The summed E-state index contributed by atoms with van der Waals surface area (Å²) >= 11 is 2.01. The summed E-state index contributed by atoms with van der Waals surface area (Å²) in [5, 5.41) is 4.28. The molecule has 3 rings (SSSR count). The minimum Gasteiger partial charge on any atom is -0.312 e. The molecule has 1 aliphatic rings. The van der Waals surface area contributed by atoms with Crippen molar-refractivity contribution >= 4 is 11.8 Å². The van der Waals surface area contributed by atoms with Crippen molar-refractivity contribution in [1.29, 1.82) is 0 Å². The molecule has 19 heavy (non-hydrogen) atoms. The van der Waals surface area contributed by atoms with Gasteiger partial charge < -0.3 is 5.32 Å². The number of hydrogen-bond donors (Lipinski definition) is 1. The fourth-order valence-corrected chi connectivity index (χ4v) is 3.83. The molecular weight excluding hydrogens is 250 g/mol. The van der Waals surface area contributed by atoms with Gasteiger partial charge in [-0.05, 0) is 36.1 Å². The van der Waals surface area contributed by atoms with E-state index >= 15 is 0 Å². The highest BCUT2D eigenvalue weighted by Crippen LogP contribution is 2.36. The molecule has 1 N–H and O–H groups in total. The molecule has 0 fully saturated rings. The molecule has 0 saturated heterocycles. The molecule has 1 atom stereocenters. The molecule has 0 saturated carbocycles. The van der Waals surface area contributed by atoms with Gasteiger partial charge in [0.2, 0.25) is 0 Å². The normalized spacial score (nSPS) is 17.4. The van der Waals surface area contributed by atoms with Crippen LogP contribution in [0.5, 0.6) is 0 Å². The minimum atomic E-state index is 0.682. The summed E-state index contributed by atoms with van der Waals surface area (Å²) in [6.07, 6.45) is 1.20. The Bertz CT molecular complexity index is 540. The molecule has 0 aliphatic carbocycles. The lowest BCUT2D eigenvalue weighted by atomic mass is 10.1. The van der Waals surface area contributed by atoms with E-state index in [1.807, 2.05) is 11.8 Å². The predicted molar refractivity (Wildman–Crippen MR) is 82.7 cm³/mol. The average molecular weight is 269 g/mol. The van der Waals surface area contributed by atoms with Gasteiger partial charge in [-0.2, -0.15) is 0 Å². The second-order valence-electron chi connectivity index (χ2n) is 5.11. The Morgan fingerprint density at radius 1 is 1.11 bits per heavy atom. The second-order valence-corrected chi connectivity index (χ2v) is 6.45.